The molecule has 0 spiro atoms. The standard InChI is InChI=1S/C16H18FN3O/c1-10-8-14(6-7-15(10)17)20-11(2)9-18-16(20)12(3)13(4)19-21-5/h6-8H,2-3,9H2,1,4-5H3/b19-13-. The highest BCUT2D eigenvalue weighted by Gasteiger charge is 2.26. The van der Waals surface area contributed by atoms with E-state index < -0.39 is 0 Å². The molecular weight excluding hydrogens is 269 g/mol. The second-order valence-electron chi connectivity index (χ2n) is 4.81. The first-order valence-electron chi connectivity index (χ1n) is 6.51. The van der Waals surface area contributed by atoms with E-state index >= 15 is 0 Å². The summed E-state index contributed by atoms with van der Waals surface area (Å²) in [7, 11) is 1.48. The molecule has 1 aliphatic heterocycles. The van der Waals surface area contributed by atoms with E-state index in [9.17, 15) is 4.39 Å². The molecule has 0 atom stereocenters. The summed E-state index contributed by atoms with van der Waals surface area (Å²) < 4.78 is 13.4. The van der Waals surface area contributed by atoms with Gasteiger partial charge in [-0.25, -0.2) is 4.39 Å². The van der Waals surface area contributed by atoms with Crippen molar-refractivity contribution in [3.8, 4) is 0 Å². The van der Waals surface area contributed by atoms with Crippen LogP contribution in [0, 0.1) is 12.7 Å². The van der Waals surface area contributed by atoms with Gasteiger partial charge in [0.15, 0.2) is 0 Å². The van der Waals surface area contributed by atoms with Crippen LogP contribution < -0.4 is 4.90 Å². The van der Waals surface area contributed by atoms with Gasteiger partial charge in [-0.2, -0.15) is 0 Å². The van der Waals surface area contributed by atoms with Crippen molar-refractivity contribution in [2.75, 3.05) is 18.6 Å². The Labute approximate surface area is 123 Å². The number of amidine groups is 1. The molecule has 0 aliphatic carbocycles. The lowest BCUT2D eigenvalue weighted by molar-refractivity contribution is 0.213. The first kappa shape index (κ1) is 15.0. The number of oxime groups is 1. The highest BCUT2D eigenvalue weighted by atomic mass is 19.1. The van der Waals surface area contributed by atoms with Crippen LogP contribution in [0.2, 0.25) is 0 Å². The van der Waals surface area contributed by atoms with Crippen LogP contribution in [-0.2, 0) is 4.84 Å². The number of halogens is 1. The molecule has 0 N–H and O–H groups in total. The van der Waals surface area contributed by atoms with Gasteiger partial charge in [-0.05, 0) is 37.6 Å². The summed E-state index contributed by atoms with van der Waals surface area (Å²) >= 11 is 0. The second kappa shape index (κ2) is 5.91. The van der Waals surface area contributed by atoms with Crippen molar-refractivity contribution in [1.82, 2.24) is 0 Å². The Kier molecular flexibility index (Phi) is 4.21. The SMILES string of the molecule is C=C(C1=NCC(=C)N1c1ccc(F)c(C)c1)/C(C)=N\OC. The maximum Gasteiger partial charge on any atom is 0.141 e. The quantitative estimate of drug-likeness (QED) is 0.628. The van der Waals surface area contributed by atoms with Crippen LogP contribution in [0.3, 0.4) is 0 Å². The Bertz CT molecular complexity index is 661. The van der Waals surface area contributed by atoms with Crippen molar-refractivity contribution >= 4 is 17.2 Å². The van der Waals surface area contributed by atoms with Crippen LogP contribution in [0.4, 0.5) is 10.1 Å². The van der Waals surface area contributed by atoms with Crippen LogP contribution in [0.25, 0.3) is 0 Å². The van der Waals surface area contributed by atoms with Crippen molar-refractivity contribution in [3.05, 3.63) is 54.0 Å². The van der Waals surface area contributed by atoms with Crippen molar-refractivity contribution in [2.45, 2.75) is 13.8 Å². The predicted molar refractivity (Wildman–Crippen MR) is 84.3 cm³/mol. The molecule has 0 saturated heterocycles. The molecule has 4 nitrogen and oxygen atoms in total. The minimum atomic E-state index is -0.238. The molecule has 21 heavy (non-hydrogen) atoms. The molecule has 1 aliphatic rings. The number of benzene rings is 1. The fraction of sp³-hybridized carbons (Fsp3) is 0.250. The van der Waals surface area contributed by atoms with E-state index in [1.807, 2.05) is 4.90 Å². The van der Waals surface area contributed by atoms with E-state index in [1.54, 1.807) is 26.0 Å². The van der Waals surface area contributed by atoms with Crippen molar-refractivity contribution < 1.29 is 9.23 Å². The molecule has 0 aromatic heterocycles. The van der Waals surface area contributed by atoms with Crippen LogP contribution in [0.1, 0.15) is 12.5 Å². The van der Waals surface area contributed by atoms with Crippen LogP contribution >= 0.6 is 0 Å². The molecule has 2 rings (SSSR count). The van der Waals surface area contributed by atoms with Gasteiger partial charge in [0.05, 0.1) is 12.3 Å². The summed E-state index contributed by atoms with van der Waals surface area (Å²) in [4.78, 5) is 11.1. The molecule has 0 saturated carbocycles. The Morgan fingerprint density at radius 1 is 1.48 bits per heavy atom. The average molecular weight is 287 g/mol. The van der Waals surface area contributed by atoms with Gasteiger partial charge in [0, 0.05) is 17.0 Å². The molecule has 0 unspecified atom stereocenters. The van der Waals surface area contributed by atoms with Gasteiger partial charge in [0.1, 0.15) is 18.8 Å². The van der Waals surface area contributed by atoms with Crippen LogP contribution in [0.15, 0.2) is 52.8 Å². The van der Waals surface area contributed by atoms with Crippen molar-refractivity contribution in [3.63, 3.8) is 0 Å². The number of rotatable bonds is 4. The van der Waals surface area contributed by atoms with Crippen LogP contribution in [0.5, 0.6) is 0 Å². The molecule has 1 aromatic rings. The third kappa shape index (κ3) is 2.86. The number of aryl methyl sites for hydroxylation is 1. The molecule has 0 fully saturated rings. The third-order valence-corrected chi connectivity index (χ3v) is 3.27. The van der Waals surface area contributed by atoms with Gasteiger partial charge in [0.2, 0.25) is 0 Å². The maximum atomic E-state index is 13.4. The van der Waals surface area contributed by atoms with Gasteiger partial charge in [-0.3, -0.25) is 9.89 Å². The number of anilines is 1. The Morgan fingerprint density at radius 2 is 2.19 bits per heavy atom. The lowest BCUT2D eigenvalue weighted by Gasteiger charge is -2.23. The normalized spacial score (nSPS) is 15.2. The summed E-state index contributed by atoms with van der Waals surface area (Å²) in [5.41, 5.74) is 3.47. The number of hydrogen-bond donors (Lipinski definition) is 0. The summed E-state index contributed by atoms with van der Waals surface area (Å²) in [5.74, 6) is 0.419. The van der Waals surface area contributed by atoms with Gasteiger partial charge >= 0.3 is 0 Å². The van der Waals surface area contributed by atoms with E-state index in [0.29, 0.717) is 29.2 Å². The molecule has 1 heterocycles. The fourth-order valence-corrected chi connectivity index (χ4v) is 2.11. The van der Waals surface area contributed by atoms with Crippen LogP contribution in [-0.4, -0.2) is 25.2 Å². The second-order valence-corrected chi connectivity index (χ2v) is 4.81. The van der Waals surface area contributed by atoms with E-state index in [2.05, 4.69) is 23.3 Å². The van der Waals surface area contributed by atoms with E-state index in [0.717, 1.165) is 11.4 Å². The Hall–Kier alpha value is -2.43. The van der Waals surface area contributed by atoms with Crippen molar-refractivity contribution in [1.29, 1.82) is 0 Å². The summed E-state index contributed by atoms with van der Waals surface area (Å²) in [6.07, 6.45) is 0. The first-order valence-corrected chi connectivity index (χ1v) is 6.51. The molecule has 0 radical (unpaired) electrons. The Morgan fingerprint density at radius 3 is 2.81 bits per heavy atom. The average Bonchev–Trinajstić information content (AvgIpc) is 2.83. The molecule has 1 aromatic carbocycles. The molecule has 0 amide bonds. The minimum Gasteiger partial charge on any atom is -0.399 e. The largest absolute Gasteiger partial charge is 0.399 e. The third-order valence-electron chi connectivity index (χ3n) is 3.27. The smallest absolute Gasteiger partial charge is 0.141 e. The van der Waals surface area contributed by atoms with Crippen molar-refractivity contribution in [2.24, 2.45) is 10.1 Å². The molecular formula is C16H18FN3O. The van der Waals surface area contributed by atoms with Gasteiger partial charge in [-0.15, -0.1) is 0 Å². The first-order chi connectivity index (χ1) is 9.95. The monoisotopic (exact) mass is 287 g/mol. The number of aliphatic imine (C=N–C) groups is 1. The fourth-order valence-electron chi connectivity index (χ4n) is 2.11. The molecule has 110 valence electrons. The maximum absolute atomic E-state index is 13.4. The van der Waals surface area contributed by atoms with Gasteiger partial charge < -0.3 is 4.84 Å². The van der Waals surface area contributed by atoms with E-state index in [-0.39, 0.29) is 5.82 Å². The summed E-state index contributed by atoms with van der Waals surface area (Å²) in [5, 5.41) is 3.87. The summed E-state index contributed by atoms with van der Waals surface area (Å²) in [6.45, 7) is 12.0. The number of nitrogens with zero attached hydrogens (tertiary/aromatic N) is 3. The lowest BCUT2D eigenvalue weighted by atomic mass is 10.1. The molecule has 5 heteroatoms. The lowest BCUT2D eigenvalue weighted by Crippen LogP contribution is -2.29. The highest BCUT2D eigenvalue weighted by molar-refractivity contribution is 6.28. The molecule has 0 bridgehead atoms. The van der Waals surface area contributed by atoms with Gasteiger partial charge in [0.25, 0.3) is 0 Å². The van der Waals surface area contributed by atoms with E-state index in [1.165, 1.54) is 13.2 Å². The topological polar surface area (TPSA) is 37.2 Å². The van der Waals surface area contributed by atoms with E-state index in [4.69, 9.17) is 4.84 Å². The Balaban J connectivity index is 2.39. The minimum absolute atomic E-state index is 0.238. The van der Waals surface area contributed by atoms with Gasteiger partial charge in [-0.1, -0.05) is 18.3 Å². The highest BCUT2D eigenvalue weighted by Crippen LogP contribution is 2.27. The predicted octanol–water partition coefficient (Wildman–Crippen LogP) is 3.44. The zero-order valence-electron chi connectivity index (χ0n) is 12.5. The summed E-state index contributed by atoms with van der Waals surface area (Å²) in [6, 6.07) is 4.90. The number of hydrogen-bond acceptors (Lipinski definition) is 4. The zero-order chi connectivity index (χ0) is 15.6. The zero-order valence-corrected chi connectivity index (χ0v) is 12.5.